The molecule has 0 saturated carbocycles. The van der Waals surface area contributed by atoms with Gasteiger partial charge in [0, 0.05) is 21.1 Å². The first kappa shape index (κ1) is 33.2. The molecule has 0 atom stereocenters. The van der Waals surface area contributed by atoms with Crippen molar-refractivity contribution in [1.29, 1.82) is 0 Å². The number of hydrogen-bond acceptors (Lipinski definition) is 0. The van der Waals surface area contributed by atoms with Crippen molar-refractivity contribution in [3.8, 4) is 0 Å². The van der Waals surface area contributed by atoms with Gasteiger partial charge in [-0.3, -0.25) is 0 Å². The van der Waals surface area contributed by atoms with Crippen LogP contribution in [0.15, 0.2) is 0 Å². The zero-order valence-corrected chi connectivity index (χ0v) is 23.6. The molecule has 0 aromatic rings. The molecule has 0 radical (unpaired) electrons. The monoisotopic (exact) mass is 502 g/mol. The van der Waals surface area contributed by atoms with Gasteiger partial charge in [-0.15, -0.1) is 17.2 Å². The van der Waals surface area contributed by atoms with E-state index in [1.54, 1.807) is 0 Å². The predicted molar refractivity (Wildman–Crippen MR) is 133 cm³/mol. The van der Waals surface area contributed by atoms with Gasteiger partial charge >= 0.3 is 0 Å². The number of rotatable bonds is 20. The van der Waals surface area contributed by atoms with Crippen LogP contribution in [0.4, 0.5) is 0 Å². The minimum atomic E-state index is 0. The Morgan fingerprint density at radius 3 is 0.741 bits per heavy atom. The van der Waals surface area contributed by atoms with Crippen LogP contribution in [0.25, 0.3) is 0 Å². The molecule has 0 spiro atoms. The quantitative estimate of drug-likeness (QED) is 0.0887. The predicted octanol–water partition coefficient (Wildman–Crippen LogP) is 9.65. The zero-order chi connectivity index (χ0) is 19.6. The molecule has 0 aromatic carbocycles. The van der Waals surface area contributed by atoms with Crippen molar-refractivity contribution in [3.63, 3.8) is 0 Å². The molecule has 0 bridgehead atoms. The Hall–Kier alpha value is 1.55. The standard InChI is InChI=1S/2C12H27P.Mo/c2*1-3-5-7-9-11-13-12-10-8-6-4-2;/h2*13H,3-12H2,1-2H3;. The molecule has 0 heterocycles. The van der Waals surface area contributed by atoms with Gasteiger partial charge in [-0.05, 0) is 50.3 Å². The second-order valence-corrected chi connectivity index (χ2v) is 10.7. The molecule has 0 aliphatic carbocycles. The van der Waals surface area contributed by atoms with Crippen molar-refractivity contribution in [2.45, 2.75) is 130 Å². The van der Waals surface area contributed by atoms with Crippen LogP contribution in [0.1, 0.15) is 130 Å². The molecule has 0 unspecified atom stereocenters. The molecule has 3 heteroatoms. The summed E-state index contributed by atoms with van der Waals surface area (Å²) in [4.78, 5) is 0. The fourth-order valence-electron chi connectivity index (χ4n) is 2.96. The van der Waals surface area contributed by atoms with Gasteiger partial charge in [0.2, 0.25) is 0 Å². The maximum absolute atomic E-state index is 2.28. The third-order valence-electron chi connectivity index (χ3n) is 4.83. The van der Waals surface area contributed by atoms with Crippen LogP contribution in [0.5, 0.6) is 0 Å². The Labute approximate surface area is 192 Å². The summed E-state index contributed by atoms with van der Waals surface area (Å²) in [5.74, 6) is 0. The van der Waals surface area contributed by atoms with Crippen molar-refractivity contribution >= 4 is 17.2 Å². The van der Waals surface area contributed by atoms with E-state index >= 15 is 0 Å². The Balaban J connectivity index is -0.000000411. The van der Waals surface area contributed by atoms with E-state index in [1.807, 2.05) is 0 Å². The summed E-state index contributed by atoms with van der Waals surface area (Å²) in [5, 5.41) is 0. The van der Waals surface area contributed by atoms with Gasteiger partial charge in [-0.2, -0.15) is 0 Å². The normalized spacial score (nSPS) is 10.2. The van der Waals surface area contributed by atoms with Crippen molar-refractivity contribution in [1.82, 2.24) is 0 Å². The van der Waals surface area contributed by atoms with Crippen LogP contribution in [-0.2, 0) is 21.1 Å². The molecule has 0 aromatic heterocycles. The Bertz CT molecular complexity index is 171. The van der Waals surface area contributed by atoms with Gasteiger partial charge in [-0.1, -0.05) is 105 Å². The van der Waals surface area contributed by atoms with Crippen molar-refractivity contribution < 1.29 is 21.1 Å². The van der Waals surface area contributed by atoms with E-state index in [4.69, 9.17) is 0 Å². The van der Waals surface area contributed by atoms with Crippen molar-refractivity contribution in [2.75, 3.05) is 24.6 Å². The van der Waals surface area contributed by atoms with Crippen molar-refractivity contribution in [2.24, 2.45) is 0 Å². The first-order chi connectivity index (χ1) is 12.8. The molecule has 0 aliphatic rings. The Kier molecular flexibility index (Phi) is 43.0. The summed E-state index contributed by atoms with van der Waals surface area (Å²) in [7, 11) is 2.51. The van der Waals surface area contributed by atoms with E-state index in [0.717, 1.165) is 0 Å². The molecule has 0 saturated heterocycles. The van der Waals surface area contributed by atoms with Gasteiger partial charge in [0.05, 0.1) is 0 Å². The van der Waals surface area contributed by atoms with Crippen LogP contribution >= 0.6 is 17.2 Å². The van der Waals surface area contributed by atoms with Crippen molar-refractivity contribution in [3.05, 3.63) is 0 Å². The van der Waals surface area contributed by atoms with E-state index in [0.29, 0.717) is 0 Å². The molecule has 0 aliphatic heterocycles. The first-order valence-electron chi connectivity index (χ1n) is 12.2. The molecule has 0 nitrogen and oxygen atoms in total. The van der Waals surface area contributed by atoms with E-state index in [2.05, 4.69) is 27.7 Å². The summed E-state index contributed by atoms with van der Waals surface area (Å²) in [5.41, 5.74) is 0. The van der Waals surface area contributed by atoms with Gasteiger partial charge in [-0.25, -0.2) is 0 Å². The largest absolute Gasteiger partial charge is 0.122 e. The topological polar surface area (TPSA) is 0 Å². The maximum Gasteiger partial charge on any atom is 0 e. The third-order valence-corrected chi connectivity index (χ3v) is 7.66. The molecule has 0 fully saturated rings. The minimum absolute atomic E-state index is 0. The molecule has 0 rings (SSSR count). The summed E-state index contributed by atoms with van der Waals surface area (Å²) in [6, 6.07) is 0. The summed E-state index contributed by atoms with van der Waals surface area (Å²) < 4.78 is 0. The van der Waals surface area contributed by atoms with Crippen LogP contribution in [0.2, 0.25) is 0 Å². The fraction of sp³-hybridized carbons (Fsp3) is 1.00. The Morgan fingerprint density at radius 1 is 0.333 bits per heavy atom. The van der Waals surface area contributed by atoms with Crippen LogP contribution in [0, 0.1) is 0 Å². The van der Waals surface area contributed by atoms with E-state index in [1.165, 1.54) is 145 Å². The maximum atomic E-state index is 2.28. The average Bonchev–Trinajstić information content (AvgIpc) is 2.66. The number of unbranched alkanes of at least 4 members (excludes halogenated alkanes) is 12. The van der Waals surface area contributed by atoms with E-state index in [-0.39, 0.29) is 21.1 Å². The summed E-state index contributed by atoms with van der Waals surface area (Å²) in [6.07, 6.45) is 29.1. The summed E-state index contributed by atoms with van der Waals surface area (Å²) in [6.45, 7) is 9.14. The van der Waals surface area contributed by atoms with E-state index < -0.39 is 0 Å². The molecular formula is C24H54MoP2. The van der Waals surface area contributed by atoms with Gasteiger partial charge in [0.25, 0.3) is 0 Å². The second kappa shape index (κ2) is 35.0. The average molecular weight is 501 g/mol. The van der Waals surface area contributed by atoms with Gasteiger partial charge < -0.3 is 0 Å². The zero-order valence-electron chi connectivity index (χ0n) is 19.6. The molecular weight excluding hydrogens is 446 g/mol. The van der Waals surface area contributed by atoms with E-state index in [9.17, 15) is 0 Å². The minimum Gasteiger partial charge on any atom is -0.122 e. The van der Waals surface area contributed by atoms with Gasteiger partial charge in [0.15, 0.2) is 0 Å². The first-order valence-corrected chi connectivity index (χ1v) is 15.1. The molecule has 27 heavy (non-hydrogen) atoms. The SMILES string of the molecule is CCCCCCPCCCCCC.CCCCCCPCCCCCC.[Mo]. The fourth-order valence-corrected chi connectivity index (χ4v) is 5.46. The molecule has 166 valence electrons. The second-order valence-electron chi connectivity index (χ2n) is 7.74. The summed E-state index contributed by atoms with van der Waals surface area (Å²) >= 11 is 0. The molecule has 0 amide bonds. The Morgan fingerprint density at radius 2 is 0.556 bits per heavy atom. The van der Waals surface area contributed by atoms with Gasteiger partial charge in [0.1, 0.15) is 0 Å². The van der Waals surface area contributed by atoms with Crippen LogP contribution in [-0.4, -0.2) is 24.6 Å². The molecule has 0 N–H and O–H groups in total. The smallest absolute Gasteiger partial charge is 0 e. The van der Waals surface area contributed by atoms with Crippen LogP contribution < -0.4 is 0 Å². The third kappa shape index (κ3) is 38.7. The number of hydrogen-bond donors (Lipinski definition) is 0. The van der Waals surface area contributed by atoms with Crippen LogP contribution in [0.3, 0.4) is 0 Å².